The van der Waals surface area contributed by atoms with Gasteiger partial charge in [-0.25, -0.2) is 0 Å². The molecule has 0 aromatic heterocycles. The van der Waals surface area contributed by atoms with Crippen molar-refractivity contribution in [3.05, 3.63) is 228 Å². The lowest BCUT2D eigenvalue weighted by Gasteiger charge is -2.33. The van der Waals surface area contributed by atoms with Gasteiger partial charge in [-0.15, -0.1) is 0 Å². The van der Waals surface area contributed by atoms with Crippen molar-refractivity contribution in [1.29, 1.82) is 0 Å². The van der Waals surface area contributed by atoms with Crippen LogP contribution < -0.4 is 26.0 Å². The summed E-state index contributed by atoms with van der Waals surface area (Å²) in [5.41, 5.74) is 15.1. The van der Waals surface area contributed by atoms with E-state index in [-0.39, 0.29) is 24.5 Å². The van der Waals surface area contributed by atoms with Crippen molar-refractivity contribution in [2.45, 2.75) is 24.5 Å². The number of hydrogen-bond donors (Lipinski definition) is 4. The molecule has 3 heterocycles. The first-order valence-corrected chi connectivity index (χ1v) is 19.7. The van der Waals surface area contributed by atoms with Crippen LogP contribution in [-0.4, -0.2) is 0 Å². The van der Waals surface area contributed by atoms with Gasteiger partial charge in [0.2, 0.25) is 0 Å². The van der Waals surface area contributed by atoms with E-state index in [2.05, 4.69) is 215 Å². The van der Waals surface area contributed by atoms with Crippen molar-refractivity contribution in [2.75, 3.05) is 10.6 Å². The summed E-state index contributed by atoms with van der Waals surface area (Å²) in [6, 6.07) is 67.2. The molecule has 0 fully saturated rings. The molecule has 274 valence electrons. The van der Waals surface area contributed by atoms with Gasteiger partial charge in [-0.3, -0.25) is 5.32 Å². The van der Waals surface area contributed by atoms with Gasteiger partial charge in [0, 0.05) is 28.1 Å². The Hall–Kier alpha value is -7.08. The maximum atomic E-state index is 6.63. The van der Waals surface area contributed by atoms with Gasteiger partial charge in [-0.05, 0) is 74.0 Å². The molecule has 0 spiro atoms. The molecule has 5 heteroatoms. The van der Waals surface area contributed by atoms with Gasteiger partial charge in [0.25, 0.3) is 0 Å². The highest BCUT2D eigenvalue weighted by atomic mass is 16.5. The second kappa shape index (κ2) is 13.9. The lowest BCUT2D eigenvalue weighted by Crippen LogP contribution is -2.39. The van der Waals surface area contributed by atoms with Crippen LogP contribution in [0.4, 0.5) is 11.4 Å². The van der Waals surface area contributed by atoms with E-state index >= 15 is 0 Å². The van der Waals surface area contributed by atoms with Crippen molar-refractivity contribution >= 4 is 27.8 Å². The lowest BCUT2D eigenvalue weighted by atomic mass is 9.85. The number of rotatable bonds is 6. The maximum absolute atomic E-state index is 6.63. The standard InChI is InChI=1S/C52H40N4O/c1-3-12-35(13-4-1)45-32-46(55-51(54-45)38-14-5-2-6-15-38)36-22-24-37(25-23-36)49-43-29-30-47-50(48(43)42-17-9-10-18-44(42)53-49)56-52(57-47)39-26-19-34(20-27-39)41-28-21-33-11-7-8-16-40(33)31-41/h1-32,45,49,51-56H. The van der Waals surface area contributed by atoms with Gasteiger partial charge in [0.15, 0.2) is 6.23 Å². The first kappa shape index (κ1) is 33.3. The molecule has 4 N–H and O–H groups in total. The van der Waals surface area contributed by atoms with Gasteiger partial charge >= 0.3 is 0 Å². The van der Waals surface area contributed by atoms with Crippen molar-refractivity contribution in [3.63, 3.8) is 0 Å². The second-order valence-corrected chi connectivity index (χ2v) is 15.1. The minimum absolute atomic E-state index is 0.0253. The molecule has 0 bridgehead atoms. The fourth-order valence-electron chi connectivity index (χ4n) is 8.71. The van der Waals surface area contributed by atoms with Crippen LogP contribution in [0.3, 0.4) is 0 Å². The molecule has 11 rings (SSSR count). The van der Waals surface area contributed by atoms with Crippen molar-refractivity contribution in [2.24, 2.45) is 0 Å². The van der Waals surface area contributed by atoms with Crippen LogP contribution in [0, 0.1) is 0 Å². The molecule has 4 atom stereocenters. The summed E-state index contributed by atoms with van der Waals surface area (Å²) in [6.45, 7) is 0. The van der Waals surface area contributed by atoms with Crippen LogP contribution in [0.1, 0.15) is 57.9 Å². The average molecular weight is 737 g/mol. The molecule has 0 amide bonds. The van der Waals surface area contributed by atoms with E-state index in [0.717, 1.165) is 33.9 Å². The average Bonchev–Trinajstić information content (AvgIpc) is 3.74. The fraction of sp³-hybridized carbons (Fsp3) is 0.0769. The molecule has 4 unspecified atom stereocenters. The van der Waals surface area contributed by atoms with E-state index in [1.54, 1.807) is 0 Å². The predicted molar refractivity (Wildman–Crippen MR) is 233 cm³/mol. The number of benzene rings is 8. The monoisotopic (exact) mass is 736 g/mol. The van der Waals surface area contributed by atoms with Gasteiger partial charge in [0.1, 0.15) is 11.9 Å². The Morgan fingerprint density at radius 3 is 1.93 bits per heavy atom. The molecule has 0 radical (unpaired) electrons. The van der Waals surface area contributed by atoms with E-state index in [1.807, 2.05) is 0 Å². The minimum Gasteiger partial charge on any atom is -0.464 e. The Balaban J connectivity index is 0.893. The zero-order chi connectivity index (χ0) is 37.7. The molecule has 57 heavy (non-hydrogen) atoms. The number of hydrogen-bond acceptors (Lipinski definition) is 5. The van der Waals surface area contributed by atoms with Crippen LogP contribution in [0.5, 0.6) is 5.75 Å². The van der Waals surface area contributed by atoms with E-state index in [9.17, 15) is 0 Å². The number of anilines is 2. The SMILES string of the molecule is C1=C(c2ccc(C3Nc4ccccc4-c4c3ccc3c4NC(c4ccc(-c5ccc6ccccc6c5)cc4)O3)cc2)NC(c2ccccc2)NC1c1ccccc1. The molecule has 5 nitrogen and oxygen atoms in total. The number of nitrogens with one attached hydrogen (secondary N) is 4. The third kappa shape index (κ3) is 6.10. The van der Waals surface area contributed by atoms with Gasteiger partial charge in [-0.2, -0.15) is 0 Å². The molecular formula is C52H40N4O. The Morgan fingerprint density at radius 1 is 0.456 bits per heavy atom. The normalized spacial score (nSPS) is 19.1. The molecule has 0 saturated heterocycles. The lowest BCUT2D eigenvalue weighted by molar-refractivity contribution is 0.260. The highest BCUT2D eigenvalue weighted by Crippen LogP contribution is 2.53. The summed E-state index contributed by atoms with van der Waals surface area (Å²) in [5, 5.41) is 17.8. The van der Waals surface area contributed by atoms with Gasteiger partial charge < -0.3 is 20.7 Å². The third-order valence-corrected chi connectivity index (χ3v) is 11.6. The zero-order valence-corrected chi connectivity index (χ0v) is 31.2. The summed E-state index contributed by atoms with van der Waals surface area (Å²) < 4.78 is 6.63. The van der Waals surface area contributed by atoms with Crippen molar-refractivity contribution in [1.82, 2.24) is 10.6 Å². The summed E-state index contributed by atoms with van der Waals surface area (Å²) in [4.78, 5) is 0. The van der Waals surface area contributed by atoms with E-state index < -0.39 is 0 Å². The Labute approximate surface area is 332 Å². The first-order valence-electron chi connectivity index (χ1n) is 19.7. The van der Waals surface area contributed by atoms with Crippen LogP contribution in [0.15, 0.2) is 194 Å². The van der Waals surface area contributed by atoms with Crippen LogP contribution in [-0.2, 0) is 0 Å². The number of ether oxygens (including phenoxy) is 1. The largest absolute Gasteiger partial charge is 0.464 e. The Bertz CT molecular complexity index is 2780. The first-order chi connectivity index (χ1) is 28.2. The quantitative estimate of drug-likeness (QED) is 0.137. The summed E-state index contributed by atoms with van der Waals surface area (Å²) >= 11 is 0. The summed E-state index contributed by atoms with van der Waals surface area (Å²) in [6.07, 6.45) is 1.99. The van der Waals surface area contributed by atoms with E-state index in [4.69, 9.17) is 4.74 Å². The van der Waals surface area contributed by atoms with Crippen LogP contribution in [0.25, 0.3) is 38.7 Å². The van der Waals surface area contributed by atoms with Crippen LogP contribution in [0.2, 0.25) is 0 Å². The van der Waals surface area contributed by atoms with Crippen LogP contribution >= 0.6 is 0 Å². The Kier molecular flexibility index (Phi) is 8.11. The van der Waals surface area contributed by atoms with Crippen molar-refractivity contribution < 1.29 is 4.74 Å². The van der Waals surface area contributed by atoms with E-state index in [1.165, 1.54) is 55.3 Å². The smallest absolute Gasteiger partial charge is 0.196 e. The fourth-order valence-corrected chi connectivity index (χ4v) is 8.71. The van der Waals surface area contributed by atoms with Gasteiger partial charge in [-0.1, -0.05) is 170 Å². The topological polar surface area (TPSA) is 57.4 Å². The molecule has 0 saturated carbocycles. The molecule has 3 aliphatic rings. The number of para-hydroxylation sites is 1. The molecule has 0 aliphatic carbocycles. The zero-order valence-electron chi connectivity index (χ0n) is 31.2. The molecular weight excluding hydrogens is 697 g/mol. The minimum atomic E-state index is -0.290. The van der Waals surface area contributed by atoms with E-state index in [0.29, 0.717) is 0 Å². The maximum Gasteiger partial charge on any atom is 0.196 e. The summed E-state index contributed by atoms with van der Waals surface area (Å²) in [7, 11) is 0. The van der Waals surface area contributed by atoms with Gasteiger partial charge in [0.05, 0.1) is 17.8 Å². The highest BCUT2D eigenvalue weighted by Gasteiger charge is 2.34. The number of fused-ring (bicyclic) bond motifs is 6. The highest BCUT2D eigenvalue weighted by molar-refractivity contribution is 5.95. The molecule has 3 aliphatic heterocycles. The third-order valence-electron chi connectivity index (χ3n) is 11.6. The molecule has 8 aromatic carbocycles. The predicted octanol–water partition coefficient (Wildman–Crippen LogP) is 12.2. The molecule has 8 aromatic rings. The summed E-state index contributed by atoms with van der Waals surface area (Å²) in [5.74, 6) is 0.869. The van der Waals surface area contributed by atoms with Crippen molar-refractivity contribution in [3.8, 4) is 28.0 Å². The Morgan fingerprint density at radius 2 is 1.12 bits per heavy atom. The second-order valence-electron chi connectivity index (χ2n) is 15.1.